The lowest BCUT2D eigenvalue weighted by Gasteiger charge is -2.36. The molecule has 1 fully saturated rings. The van der Waals surface area contributed by atoms with Crippen molar-refractivity contribution in [1.29, 1.82) is 0 Å². The molecule has 2 heterocycles. The third-order valence-electron chi connectivity index (χ3n) is 5.24. The molecule has 0 radical (unpaired) electrons. The van der Waals surface area contributed by atoms with Crippen molar-refractivity contribution >= 4 is 46.4 Å². The van der Waals surface area contributed by atoms with Gasteiger partial charge in [0.15, 0.2) is 10.9 Å². The number of nitrogens with zero attached hydrogens (tertiary/aromatic N) is 4. The van der Waals surface area contributed by atoms with Crippen molar-refractivity contribution in [2.75, 3.05) is 31.5 Å². The fourth-order valence-corrected chi connectivity index (χ4v) is 4.31. The Labute approximate surface area is 196 Å². The summed E-state index contributed by atoms with van der Waals surface area (Å²) in [4.78, 5) is 4.48. The Morgan fingerprint density at radius 3 is 2.32 bits per heavy atom. The molecule has 1 aliphatic heterocycles. The molecule has 1 saturated heterocycles. The Kier molecular flexibility index (Phi) is 7.07. The van der Waals surface area contributed by atoms with Crippen LogP contribution in [-0.4, -0.2) is 50.9 Å². The summed E-state index contributed by atoms with van der Waals surface area (Å²) in [5.41, 5.74) is 1.94. The van der Waals surface area contributed by atoms with Gasteiger partial charge in [-0.15, -0.1) is 0 Å². The van der Waals surface area contributed by atoms with Crippen molar-refractivity contribution in [3.8, 4) is 0 Å². The predicted octanol–water partition coefficient (Wildman–Crippen LogP) is 4.89. The third-order valence-corrected chi connectivity index (χ3v) is 6.30. The molecule has 31 heavy (non-hydrogen) atoms. The standard InChI is InChI=1S/C22H22Cl2FN5S/c23-19-2-1-3-20(24)18(19)15-30-9-8-21(27-30)26-22(31)29-12-10-28(11-13-29)14-16-4-6-17(25)7-5-16/h1-9H,10-15H2,(H,26,27,31). The van der Waals surface area contributed by atoms with Crippen LogP contribution in [0.4, 0.5) is 10.2 Å². The molecule has 0 atom stereocenters. The van der Waals surface area contributed by atoms with E-state index in [1.807, 2.05) is 42.6 Å². The maximum Gasteiger partial charge on any atom is 0.174 e. The molecule has 2 aromatic carbocycles. The highest BCUT2D eigenvalue weighted by molar-refractivity contribution is 7.80. The van der Waals surface area contributed by atoms with Gasteiger partial charge in [0.05, 0.1) is 6.54 Å². The molecule has 4 rings (SSSR count). The number of rotatable bonds is 5. The Bertz CT molecular complexity index is 1030. The number of hydrogen-bond acceptors (Lipinski definition) is 3. The lowest BCUT2D eigenvalue weighted by molar-refractivity contribution is 0.177. The number of piperazine rings is 1. The Balaban J connectivity index is 1.28. The summed E-state index contributed by atoms with van der Waals surface area (Å²) < 4.78 is 14.8. The quantitative estimate of drug-likeness (QED) is 0.529. The molecule has 1 aliphatic rings. The number of hydrogen-bond donors (Lipinski definition) is 1. The molecule has 0 bridgehead atoms. The molecule has 5 nitrogen and oxygen atoms in total. The summed E-state index contributed by atoms with van der Waals surface area (Å²) in [5, 5.41) is 9.64. The molecule has 1 aromatic heterocycles. The van der Waals surface area contributed by atoms with Crippen molar-refractivity contribution < 1.29 is 4.39 Å². The molecule has 0 amide bonds. The minimum atomic E-state index is -0.206. The van der Waals surface area contributed by atoms with Crippen LogP contribution in [0.3, 0.4) is 0 Å². The summed E-state index contributed by atoms with van der Waals surface area (Å²) in [6.45, 7) is 4.71. The minimum absolute atomic E-state index is 0.206. The van der Waals surface area contributed by atoms with Crippen LogP contribution >= 0.6 is 35.4 Å². The lowest BCUT2D eigenvalue weighted by atomic mass is 10.2. The zero-order valence-corrected chi connectivity index (χ0v) is 19.1. The van der Waals surface area contributed by atoms with Gasteiger partial charge in [0.1, 0.15) is 5.82 Å². The van der Waals surface area contributed by atoms with Crippen molar-refractivity contribution in [2.45, 2.75) is 13.1 Å². The average Bonchev–Trinajstić information content (AvgIpc) is 3.20. The molecule has 9 heteroatoms. The van der Waals surface area contributed by atoms with Gasteiger partial charge in [0.2, 0.25) is 0 Å². The number of nitrogens with one attached hydrogen (secondary N) is 1. The molecule has 0 spiro atoms. The highest BCUT2D eigenvalue weighted by atomic mass is 35.5. The van der Waals surface area contributed by atoms with Crippen LogP contribution in [0, 0.1) is 5.82 Å². The molecule has 0 unspecified atom stereocenters. The predicted molar refractivity (Wildman–Crippen MR) is 127 cm³/mol. The number of benzene rings is 2. The zero-order valence-electron chi connectivity index (χ0n) is 16.8. The first-order chi connectivity index (χ1) is 15.0. The minimum Gasteiger partial charge on any atom is -0.346 e. The Morgan fingerprint density at radius 2 is 1.65 bits per heavy atom. The van der Waals surface area contributed by atoms with E-state index in [1.165, 1.54) is 12.1 Å². The molecule has 0 saturated carbocycles. The second-order valence-electron chi connectivity index (χ2n) is 7.42. The van der Waals surface area contributed by atoms with E-state index >= 15 is 0 Å². The van der Waals surface area contributed by atoms with Gasteiger partial charge in [-0.3, -0.25) is 9.58 Å². The first kappa shape index (κ1) is 22.0. The average molecular weight is 478 g/mol. The summed E-state index contributed by atoms with van der Waals surface area (Å²) in [6.07, 6.45) is 1.87. The van der Waals surface area contributed by atoms with Crippen LogP contribution in [-0.2, 0) is 13.1 Å². The van der Waals surface area contributed by atoms with Crippen LogP contribution in [0.1, 0.15) is 11.1 Å². The van der Waals surface area contributed by atoms with Gasteiger partial charge < -0.3 is 10.2 Å². The Hall–Kier alpha value is -2.19. The van der Waals surface area contributed by atoms with Crippen molar-refractivity contribution in [1.82, 2.24) is 19.6 Å². The number of thiocarbonyl (C=S) groups is 1. The van der Waals surface area contributed by atoms with Crippen molar-refractivity contribution in [3.63, 3.8) is 0 Å². The molecular weight excluding hydrogens is 456 g/mol. The number of aromatic nitrogens is 2. The largest absolute Gasteiger partial charge is 0.346 e. The van der Waals surface area contributed by atoms with Gasteiger partial charge in [0.25, 0.3) is 0 Å². The van der Waals surface area contributed by atoms with Crippen LogP contribution in [0.25, 0.3) is 0 Å². The van der Waals surface area contributed by atoms with Crippen LogP contribution in [0.15, 0.2) is 54.7 Å². The summed E-state index contributed by atoms with van der Waals surface area (Å²) >= 11 is 18.1. The molecule has 162 valence electrons. The van der Waals surface area contributed by atoms with E-state index in [2.05, 4.69) is 20.2 Å². The third kappa shape index (κ3) is 5.74. The summed E-state index contributed by atoms with van der Waals surface area (Å²) in [7, 11) is 0. The monoisotopic (exact) mass is 477 g/mol. The highest BCUT2D eigenvalue weighted by Crippen LogP contribution is 2.25. The maximum atomic E-state index is 13.1. The first-order valence-electron chi connectivity index (χ1n) is 9.97. The lowest BCUT2D eigenvalue weighted by Crippen LogP contribution is -2.49. The smallest absolute Gasteiger partial charge is 0.174 e. The SMILES string of the molecule is Fc1ccc(CN2CCN(C(=S)Nc3ccn(Cc4c(Cl)cccc4Cl)n3)CC2)cc1. The maximum absolute atomic E-state index is 13.1. The summed E-state index contributed by atoms with van der Waals surface area (Å²) in [5.74, 6) is 0.476. The first-order valence-corrected chi connectivity index (χ1v) is 11.1. The van der Waals surface area contributed by atoms with E-state index in [1.54, 1.807) is 4.68 Å². The van der Waals surface area contributed by atoms with Gasteiger partial charge in [-0.2, -0.15) is 5.10 Å². The topological polar surface area (TPSA) is 36.3 Å². The van der Waals surface area contributed by atoms with Crippen LogP contribution < -0.4 is 5.32 Å². The van der Waals surface area contributed by atoms with E-state index in [-0.39, 0.29) is 5.82 Å². The number of halogens is 3. The van der Waals surface area contributed by atoms with E-state index in [0.717, 1.165) is 43.9 Å². The molecular formula is C22H22Cl2FN5S. The molecule has 3 aromatic rings. The Morgan fingerprint density at radius 1 is 0.968 bits per heavy atom. The normalized spacial score (nSPS) is 14.6. The second kappa shape index (κ2) is 9.96. The van der Waals surface area contributed by atoms with Crippen LogP contribution in [0.2, 0.25) is 10.0 Å². The van der Waals surface area contributed by atoms with Crippen LogP contribution in [0.5, 0.6) is 0 Å². The van der Waals surface area contributed by atoms with E-state index < -0.39 is 0 Å². The summed E-state index contributed by atoms with van der Waals surface area (Å²) in [6, 6.07) is 14.0. The van der Waals surface area contributed by atoms with Gasteiger partial charge in [-0.25, -0.2) is 4.39 Å². The van der Waals surface area contributed by atoms with Crippen molar-refractivity contribution in [2.24, 2.45) is 0 Å². The zero-order chi connectivity index (χ0) is 21.8. The van der Waals surface area contributed by atoms with Gasteiger partial charge in [-0.1, -0.05) is 41.4 Å². The van der Waals surface area contributed by atoms with Crippen molar-refractivity contribution in [3.05, 3.63) is 81.7 Å². The molecule has 1 N–H and O–H groups in total. The number of anilines is 1. The van der Waals surface area contributed by atoms with Gasteiger partial charge in [0, 0.05) is 60.6 Å². The van der Waals surface area contributed by atoms with Gasteiger partial charge in [-0.05, 0) is 42.0 Å². The van der Waals surface area contributed by atoms with E-state index in [0.29, 0.717) is 27.5 Å². The molecule has 0 aliphatic carbocycles. The van der Waals surface area contributed by atoms with Gasteiger partial charge >= 0.3 is 0 Å². The fourth-order valence-electron chi connectivity index (χ4n) is 3.51. The fraction of sp³-hybridized carbons (Fsp3) is 0.273. The highest BCUT2D eigenvalue weighted by Gasteiger charge is 2.19. The second-order valence-corrected chi connectivity index (χ2v) is 8.62. The van der Waals surface area contributed by atoms with E-state index in [9.17, 15) is 4.39 Å². The van der Waals surface area contributed by atoms with E-state index in [4.69, 9.17) is 35.4 Å².